The zero-order valence-electron chi connectivity index (χ0n) is 7.29. The highest BCUT2D eigenvalue weighted by atomic mass is 32.1. The Hall–Kier alpha value is -0.570. The average Bonchev–Trinajstić information content (AvgIpc) is 2.00. The summed E-state index contributed by atoms with van der Waals surface area (Å²) in [4.78, 5) is 8.27. The fourth-order valence-corrected chi connectivity index (χ4v) is 0.960. The molecule has 0 radical (unpaired) electrons. The molecule has 0 heterocycles. The molecule has 0 rings (SSSR count). The van der Waals surface area contributed by atoms with Gasteiger partial charge in [-0.25, -0.2) is 4.99 Å². The highest BCUT2D eigenvalue weighted by Crippen LogP contribution is 1.90. The number of aliphatic imine (C=N–C) groups is 2. The molecule has 0 unspecified atom stereocenters. The van der Waals surface area contributed by atoms with E-state index in [1.165, 1.54) is 5.49 Å². The van der Waals surface area contributed by atoms with Crippen LogP contribution in [-0.2, 0) is 0 Å². The van der Waals surface area contributed by atoms with Crippen molar-refractivity contribution >= 4 is 29.1 Å². The maximum Gasteiger partial charge on any atom is 0.0901 e. The van der Waals surface area contributed by atoms with Crippen LogP contribution in [0.3, 0.4) is 0 Å². The molecule has 0 aromatic rings. The number of hydrogen-bond acceptors (Lipinski definition) is 2. The minimum absolute atomic E-state index is 0.808. The molecule has 0 aliphatic carbocycles. The van der Waals surface area contributed by atoms with E-state index in [2.05, 4.69) is 22.2 Å². The second kappa shape index (κ2) is 6.16. The summed E-state index contributed by atoms with van der Waals surface area (Å²) in [6.07, 6.45) is 0.891. The second-order valence-electron chi connectivity index (χ2n) is 2.09. The number of thiocarbonyl (C=S) groups is 1. The summed E-state index contributed by atoms with van der Waals surface area (Å²) in [6, 6.07) is 0. The highest BCUT2D eigenvalue weighted by Gasteiger charge is 1.97. The van der Waals surface area contributed by atoms with E-state index in [1.807, 2.05) is 20.8 Å². The van der Waals surface area contributed by atoms with Gasteiger partial charge in [0.15, 0.2) is 0 Å². The zero-order valence-corrected chi connectivity index (χ0v) is 8.11. The lowest BCUT2D eigenvalue weighted by molar-refractivity contribution is 1.13. The molecule has 0 saturated carbocycles. The molecule has 2 nitrogen and oxygen atoms in total. The monoisotopic (exact) mass is 170 g/mol. The molecule has 11 heavy (non-hydrogen) atoms. The Labute approximate surface area is 73.4 Å². The first-order valence-electron chi connectivity index (χ1n) is 3.78. The molecule has 62 valence electrons. The minimum atomic E-state index is 0.808. The molecule has 0 atom stereocenters. The normalized spacial score (nSPS) is 13.4. The summed E-state index contributed by atoms with van der Waals surface area (Å²) in [5.41, 5.74) is 3.38. The van der Waals surface area contributed by atoms with Gasteiger partial charge in [-0.3, -0.25) is 4.99 Å². The predicted molar refractivity (Wildman–Crippen MR) is 55.0 cm³/mol. The van der Waals surface area contributed by atoms with Gasteiger partial charge in [0.05, 0.1) is 16.9 Å². The zero-order chi connectivity index (χ0) is 8.69. The van der Waals surface area contributed by atoms with E-state index in [0.29, 0.717) is 0 Å². The molecule has 0 aliphatic heterocycles. The Kier molecular flexibility index (Phi) is 5.84. The molecule has 0 N–H and O–H groups in total. The second-order valence-corrected chi connectivity index (χ2v) is 2.31. The van der Waals surface area contributed by atoms with Gasteiger partial charge in [0.25, 0.3) is 0 Å². The molecular formula is C8H14N2S. The summed E-state index contributed by atoms with van der Waals surface area (Å²) in [6.45, 7) is 6.83. The summed E-state index contributed by atoms with van der Waals surface area (Å²) in [5.74, 6) is 0. The van der Waals surface area contributed by atoms with Crippen LogP contribution < -0.4 is 0 Å². The maximum absolute atomic E-state index is 4.63. The van der Waals surface area contributed by atoms with Gasteiger partial charge in [-0.2, -0.15) is 0 Å². The van der Waals surface area contributed by atoms with Crippen LogP contribution in [0.25, 0.3) is 0 Å². The Balaban J connectivity index is 4.37. The third kappa shape index (κ3) is 3.98. The van der Waals surface area contributed by atoms with Crippen LogP contribution >= 0.6 is 12.2 Å². The van der Waals surface area contributed by atoms with Crippen molar-refractivity contribution in [1.29, 1.82) is 0 Å². The topological polar surface area (TPSA) is 24.7 Å². The smallest absolute Gasteiger partial charge is 0.0901 e. The molecule has 0 aliphatic rings. The van der Waals surface area contributed by atoms with Crippen molar-refractivity contribution in [3.8, 4) is 0 Å². The first-order valence-corrected chi connectivity index (χ1v) is 4.25. The van der Waals surface area contributed by atoms with Crippen molar-refractivity contribution in [1.82, 2.24) is 0 Å². The van der Waals surface area contributed by atoms with E-state index in [-0.39, 0.29) is 0 Å². The summed E-state index contributed by atoms with van der Waals surface area (Å²) >= 11 is 4.63. The van der Waals surface area contributed by atoms with Gasteiger partial charge in [0, 0.05) is 6.54 Å². The van der Waals surface area contributed by atoms with E-state index in [4.69, 9.17) is 0 Å². The van der Waals surface area contributed by atoms with Gasteiger partial charge in [-0.15, -0.1) is 0 Å². The fraction of sp³-hybridized carbons (Fsp3) is 0.625. The van der Waals surface area contributed by atoms with E-state index in [1.54, 1.807) is 0 Å². The first kappa shape index (κ1) is 10.4. The average molecular weight is 170 g/mol. The molecular weight excluding hydrogens is 156 g/mol. The van der Waals surface area contributed by atoms with Crippen LogP contribution in [0.15, 0.2) is 9.98 Å². The van der Waals surface area contributed by atoms with Crippen molar-refractivity contribution in [2.45, 2.75) is 27.2 Å². The van der Waals surface area contributed by atoms with Gasteiger partial charge >= 0.3 is 0 Å². The quantitative estimate of drug-likeness (QED) is 0.469. The molecule has 3 heteroatoms. The van der Waals surface area contributed by atoms with Gasteiger partial charge in [0.1, 0.15) is 0 Å². The van der Waals surface area contributed by atoms with E-state index in [0.717, 1.165) is 24.4 Å². The summed E-state index contributed by atoms with van der Waals surface area (Å²) in [7, 11) is 0. The molecule has 0 aromatic carbocycles. The lowest BCUT2D eigenvalue weighted by Gasteiger charge is -1.99. The van der Waals surface area contributed by atoms with Crippen molar-refractivity contribution in [3.05, 3.63) is 0 Å². The number of hydrogen-bond donors (Lipinski definition) is 0. The van der Waals surface area contributed by atoms with E-state index in [9.17, 15) is 0 Å². The molecule has 0 fully saturated rings. The van der Waals surface area contributed by atoms with Gasteiger partial charge in [-0.1, -0.05) is 19.1 Å². The Bertz CT molecular complexity index is 183. The largest absolute Gasteiger partial charge is 0.288 e. The lowest BCUT2D eigenvalue weighted by Crippen LogP contribution is -2.09. The van der Waals surface area contributed by atoms with Crippen LogP contribution in [0.2, 0.25) is 0 Å². The van der Waals surface area contributed by atoms with Crippen LogP contribution in [0, 0.1) is 0 Å². The van der Waals surface area contributed by atoms with Gasteiger partial charge < -0.3 is 0 Å². The van der Waals surface area contributed by atoms with Crippen molar-refractivity contribution in [2.24, 2.45) is 9.98 Å². The van der Waals surface area contributed by atoms with E-state index < -0.39 is 0 Å². The van der Waals surface area contributed by atoms with Crippen molar-refractivity contribution in [3.63, 3.8) is 0 Å². The van der Waals surface area contributed by atoms with Crippen molar-refractivity contribution < 1.29 is 0 Å². The number of nitrogens with zero attached hydrogens (tertiary/aromatic N) is 2. The Morgan fingerprint density at radius 1 is 1.45 bits per heavy atom. The van der Waals surface area contributed by atoms with Crippen LogP contribution in [-0.4, -0.2) is 23.5 Å². The fourth-order valence-electron chi connectivity index (χ4n) is 0.833. The first-order chi connectivity index (χ1) is 5.26. The molecule has 0 bridgehead atoms. The summed E-state index contributed by atoms with van der Waals surface area (Å²) < 4.78 is 0. The van der Waals surface area contributed by atoms with Gasteiger partial charge in [0.2, 0.25) is 0 Å². The standard InChI is InChI=1S/C8H14N2S/c1-4-8(10-6-11)7(3)9-5-2/h6H,4-5H2,1-3H3/b9-7-,10-8-. The third-order valence-electron chi connectivity index (χ3n) is 1.36. The molecule has 0 aromatic heterocycles. The molecule has 0 saturated heterocycles. The van der Waals surface area contributed by atoms with Crippen LogP contribution in [0.4, 0.5) is 0 Å². The Morgan fingerprint density at radius 2 is 2.09 bits per heavy atom. The van der Waals surface area contributed by atoms with Crippen LogP contribution in [0.1, 0.15) is 27.2 Å². The van der Waals surface area contributed by atoms with E-state index >= 15 is 0 Å². The van der Waals surface area contributed by atoms with Gasteiger partial charge in [-0.05, 0) is 20.3 Å². The third-order valence-corrected chi connectivity index (χ3v) is 1.46. The Morgan fingerprint density at radius 3 is 2.45 bits per heavy atom. The maximum atomic E-state index is 4.63. The lowest BCUT2D eigenvalue weighted by atomic mass is 10.2. The number of rotatable bonds is 4. The molecule has 0 amide bonds. The minimum Gasteiger partial charge on any atom is -0.288 e. The van der Waals surface area contributed by atoms with Crippen LogP contribution in [0.5, 0.6) is 0 Å². The van der Waals surface area contributed by atoms with Crippen molar-refractivity contribution in [2.75, 3.05) is 6.54 Å². The predicted octanol–water partition coefficient (Wildman–Crippen LogP) is 2.28. The SMILES string of the molecule is CC/N=C(C)\C(CC)=N/C=S. The highest BCUT2D eigenvalue weighted by molar-refractivity contribution is 7.78. The molecule has 0 spiro atoms. The summed E-state index contributed by atoms with van der Waals surface area (Å²) in [5, 5.41) is 0.